The molecule has 4 heterocycles. The van der Waals surface area contributed by atoms with Gasteiger partial charge in [-0.2, -0.15) is 0 Å². The van der Waals surface area contributed by atoms with Gasteiger partial charge < -0.3 is 21.4 Å². The van der Waals surface area contributed by atoms with Gasteiger partial charge in [0.2, 0.25) is 0 Å². The maximum absolute atomic E-state index is 12.8. The van der Waals surface area contributed by atoms with Gasteiger partial charge in [0.25, 0.3) is 11.8 Å². The molecule has 0 saturated carbocycles. The fourth-order valence-corrected chi connectivity index (χ4v) is 6.31. The number of thiazole rings is 1. The molecule has 2 atom stereocenters. The molecule has 2 aliphatic heterocycles. The minimum Gasteiger partial charge on any atom is -0.477 e. The van der Waals surface area contributed by atoms with Crippen molar-refractivity contribution in [3.8, 4) is 0 Å². The largest absolute Gasteiger partial charge is 0.477 e. The SMILES string of the molecule is Cn1c(SCC2=C(C(=O)O)N3C(=O)C(NC(=O)/C(=N\O)c4csc(N)n4)[C@H]3SC2)n[nH]c(=O)c1=O. The molecule has 35 heavy (non-hydrogen) atoms. The van der Waals surface area contributed by atoms with Gasteiger partial charge >= 0.3 is 17.1 Å². The molecule has 2 amide bonds. The minimum absolute atomic E-state index is 0.0307. The molecule has 2 aliphatic rings. The number of hydrogen-bond donors (Lipinski definition) is 5. The van der Waals surface area contributed by atoms with Crippen molar-refractivity contribution in [1.29, 1.82) is 0 Å². The van der Waals surface area contributed by atoms with E-state index in [0.29, 0.717) is 5.57 Å². The van der Waals surface area contributed by atoms with Crippen molar-refractivity contribution >= 4 is 63.5 Å². The van der Waals surface area contributed by atoms with Gasteiger partial charge in [0.05, 0.1) is 0 Å². The third-order valence-electron chi connectivity index (χ3n) is 5.03. The molecule has 2 aromatic heterocycles. The standard InChI is InChI=1S/C17H16N8O7S3/c1-24-13(29)11(27)21-22-17(24)35-3-5-2-33-14-8(12(28)25(14)9(5)15(30)31)20-10(26)7(23-32)6-4-34-16(18)19-6/h4,8,14,32H,2-3H2,1H3,(H2,18,19)(H,20,26)(H,21,27)(H,30,31)/b23-7-/t8?,14-/m1/s1. The highest BCUT2D eigenvalue weighted by Gasteiger charge is 2.54. The lowest BCUT2D eigenvalue weighted by atomic mass is 10.0. The Balaban J connectivity index is 1.50. The van der Waals surface area contributed by atoms with Crippen LogP contribution in [0.3, 0.4) is 0 Å². The normalized spacial score (nSPS) is 19.9. The number of rotatable bonds is 7. The summed E-state index contributed by atoms with van der Waals surface area (Å²) in [5.74, 6) is -2.55. The van der Waals surface area contributed by atoms with Gasteiger partial charge in [-0.3, -0.25) is 28.6 Å². The van der Waals surface area contributed by atoms with E-state index in [-0.39, 0.29) is 33.2 Å². The van der Waals surface area contributed by atoms with E-state index in [1.165, 1.54) is 24.2 Å². The van der Waals surface area contributed by atoms with E-state index < -0.39 is 46.0 Å². The highest BCUT2D eigenvalue weighted by atomic mass is 32.2. The number of anilines is 1. The van der Waals surface area contributed by atoms with Crippen LogP contribution in [0.15, 0.2) is 36.6 Å². The van der Waals surface area contributed by atoms with Crippen molar-refractivity contribution < 1.29 is 24.7 Å². The van der Waals surface area contributed by atoms with Crippen LogP contribution in [0, 0.1) is 0 Å². The number of fused-ring (bicyclic) bond motifs is 1. The second-order valence-corrected chi connectivity index (χ2v) is 10.1. The zero-order chi connectivity index (χ0) is 25.4. The zero-order valence-corrected chi connectivity index (χ0v) is 20.1. The number of aliphatic carboxylic acids is 1. The second-order valence-electron chi connectivity index (χ2n) is 7.13. The molecule has 0 bridgehead atoms. The first-order valence-corrected chi connectivity index (χ1v) is 12.5. The summed E-state index contributed by atoms with van der Waals surface area (Å²) >= 11 is 3.29. The van der Waals surface area contributed by atoms with Gasteiger partial charge in [-0.05, 0) is 5.57 Å². The Bertz CT molecular complexity index is 1410. The molecule has 1 saturated heterocycles. The molecule has 18 heteroatoms. The van der Waals surface area contributed by atoms with E-state index >= 15 is 0 Å². The number of oxime groups is 1. The number of aromatic amines is 1. The number of amides is 2. The maximum Gasteiger partial charge on any atom is 0.352 e. The van der Waals surface area contributed by atoms with E-state index in [2.05, 4.69) is 25.7 Å². The fraction of sp³-hybridized carbons (Fsp3) is 0.294. The Morgan fingerprint density at radius 1 is 1.40 bits per heavy atom. The van der Waals surface area contributed by atoms with Crippen molar-refractivity contribution in [1.82, 2.24) is 30.0 Å². The molecule has 1 fully saturated rings. The average Bonchev–Trinajstić information content (AvgIpc) is 3.25. The molecule has 0 aliphatic carbocycles. The predicted molar refractivity (Wildman–Crippen MR) is 125 cm³/mol. The van der Waals surface area contributed by atoms with E-state index in [1.54, 1.807) is 0 Å². The molecule has 0 radical (unpaired) electrons. The molecule has 4 rings (SSSR count). The predicted octanol–water partition coefficient (Wildman–Crippen LogP) is -1.78. The lowest BCUT2D eigenvalue weighted by molar-refractivity contribution is -0.150. The van der Waals surface area contributed by atoms with Gasteiger partial charge in [-0.1, -0.05) is 16.9 Å². The molecule has 184 valence electrons. The number of carbonyl (C=O) groups is 3. The molecule has 0 aromatic carbocycles. The van der Waals surface area contributed by atoms with Crippen LogP contribution < -0.4 is 22.2 Å². The average molecular weight is 541 g/mol. The topological polar surface area (TPSA) is 226 Å². The van der Waals surface area contributed by atoms with Crippen LogP contribution in [0.25, 0.3) is 0 Å². The summed E-state index contributed by atoms with van der Waals surface area (Å²) in [5.41, 5.74) is 3.61. The van der Waals surface area contributed by atoms with Crippen LogP contribution in [-0.4, -0.2) is 81.4 Å². The number of hydrogen-bond acceptors (Lipinski definition) is 13. The molecule has 2 aromatic rings. The molecular formula is C17H16N8O7S3. The highest BCUT2D eigenvalue weighted by molar-refractivity contribution is 8.01. The molecular weight excluding hydrogens is 524 g/mol. The van der Waals surface area contributed by atoms with E-state index in [0.717, 1.165) is 32.6 Å². The van der Waals surface area contributed by atoms with Crippen molar-refractivity contribution in [2.45, 2.75) is 16.6 Å². The Hall–Kier alpha value is -3.64. The van der Waals surface area contributed by atoms with Crippen molar-refractivity contribution in [3.63, 3.8) is 0 Å². The van der Waals surface area contributed by atoms with Crippen LogP contribution in [-0.2, 0) is 21.4 Å². The smallest absolute Gasteiger partial charge is 0.352 e. The first kappa shape index (κ1) is 24.5. The molecule has 15 nitrogen and oxygen atoms in total. The fourth-order valence-electron chi connectivity index (χ4n) is 3.35. The Morgan fingerprint density at radius 3 is 2.77 bits per heavy atom. The number of nitrogen functional groups attached to an aromatic ring is 1. The summed E-state index contributed by atoms with van der Waals surface area (Å²) in [6.45, 7) is 0. The van der Waals surface area contributed by atoms with Crippen LogP contribution in [0.5, 0.6) is 0 Å². The Kier molecular flexibility index (Phi) is 6.68. The van der Waals surface area contributed by atoms with Crippen molar-refractivity contribution in [3.05, 3.63) is 43.1 Å². The van der Waals surface area contributed by atoms with Crippen molar-refractivity contribution in [2.75, 3.05) is 17.2 Å². The number of carbonyl (C=O) groups excluding carboxylic acids is 2. The Morgan fingerprint density at radius 2 is 2.14 bits per heavy atom. The number of carboxylic acid groups (broad SMARTS) is 1. The van der Waals surface area contributed by atoms with Gasteiger partial charge in [-0.15, -0.1) is 28.2 Å². The summed E-state index contributed by atoms with van der Waals surface area (Å²) in [4.78, 5) is 65.5. The monoisotopic (exact) mass is 540 g/mol. The summed E-state index contributed by atoms with van der Waals surface area (Å²) < 4.78 is 1.04. The lowest BCUT2D eigenvalue weighted by Gasteiger charge is -2.49. The number of nitrogens with zero attached hydrogens (tertiary/aromatic N) is 5. The highest BCUT2D eigenvalue weighted by Crippen LogP contribution is 2.41. The van der Waals surface area contributed by atoms with Crippen LogP contribution in [0.4, 0.5) is 5.13 Å². The summed E-state index contributed by atoms with van der Waals surface area (Å²) in [7, 11) is 1.36. The number of nitrogens with one attached hydrogen (secondary N) is 2. The van der Waals surface area contributed by atoms with Crippen LogP contribution in [0.1, 0.15) is 5.69 Å². The molecule has 0 spiro atoms. The third kappa shape index (κ3) is 4.42. The van der Waals surface area contributed by atoms with Gasteiger partial charge in [0.15, 0.2) is 16.0 Å². The first-order chi connectivity index (χ1) is 16.6. The van der Waals surface area contributed by atoms with E-state index in [4.69, 9.17) is 5.73 Å². The van der Waals surface area contributed by atoms with E-state index in [1.807, 2.05) is 0 Å². The summed E-state index contributed by atoms with van der Waals surface area (Å²) in [6, 6.07) is -1.05. The van der Waals surface area contributed by atoms with Crippen LogP contribution >= 0.6 is 34.9 Å². The number of H-pyrrole nitrogens is 1. The third-order valence-corrected chi connectivity index (χ3v) is 8.16. The van der Waals surface area contributed by atoms with Crippen molar-refractivity contribution in [2.24, 2.45) is 12.2 Å². The number of nitrogens with two attached hydrogens (primary N) is 1. The number of thioether (sulfide) groups is 2. The number of β-lactam (4-membered cyclic amide) rings is 1. The summed E-state index contributed by atoms with van der Waals surface area (Å²) in [6.07, 6.45) is 0. The maximum atomic E-state index is 12.8. The molecule has 6 N–H and O–H groups in total. The quantitative estimate of drug-likeness (QED) is 0.0656. The zero-order valence-electron chi connectivity index (χ0n) is 17.6. The van der Waals surface area contributed by atoms with Gasteiger partial charge in [0, 0.05) is 23.9 Å². The second kappa shape index (κ2) is 9.55. The lowest BCUT2D eigenvalue weighted by Crippen LogP contribution is -2.71. The van der Waals surface area contributed by atoms with Crippen LogP contribution in [0.2, 0.25) is 0 Å². The van der Waals surface area contributed by atoms with Gasteiger partial charge in [-0.25, -0.2) is 14.9 Å². The van der Waals surface area contributed by atoms with E-state index in [9.17, 15) is 34.3 Å². The first-order valence-electron chi connectivity index (χ1n) is 9.56. The number of aromatic nitrogens is 4. The summed E-state index contributed by atoms with van der Waals surface area (Å²) in [5, 5.41) is 31.3. The minimum atomic E-state index is -1.33. The Labute approximate surface area is 207 Å². The molecule has 1 unspecified atom stereocenters. The number of carboxylic acids is 1. The van der Waals surface area contributed by atoms with Gasteiger partial charge in [0.1, 0.15) is 22.8 Å².